The molecular weight excluding hydrogens is 388 g/mol. The molecule has 1 aliphatic heterocycles. The summed E-state index contributed by atoms with van der Waals surface area (Å²) >= 11 is 0. The van der Waals surface area contributed by atoms with E-state index >= 15 is 0 Å². The van der Waals surface area contributed by atoms with Crippen LogP contribution in [-0.2, 0) is 7.05 Å². The fourth-order valence-corrected chi connectivity index (χ4v) is 3.93. The Morgan fingerprint density at radius 1 is 1.00 bits per heavy atom. The smallest absolute Gasteiger partial charge is 0.142 e. The van der Waals surface area contributed by atoms with E-state index in [1.54, 1.807) is 6.20 Å². The van der Waals surface area contributed by atoms with Crippen LogP contribution in [0.5, 0.6) is 0 Å². The standard InChI is InChI=1S/C21H22N8.C2H6/c1-13-11-28(17-10-24-27(3)12-17)19-8-15(16-5-7-20(22)23-9-16)4-6-18(19)29-14(2)25-26-21(13)29;1-2/h4-10,12-13H,11H2,1-3H3,(H2,22,23);1-2H3/t13-;/m1./s1. The number of nitrogens with two attached hydrogens (primary N) is 1. The lowest BCUT2D eigenvalue weighted by molar-refractivity contribution is 0.695. The van der Waals surface area contributed by atoms with E-state index in [1.165, 1.54) is 0 Å². The van der Waals surface area contributed by atoms with Crippen molar-refractivity contribution < 1.29 is 0 Å². The van der Waals surface area contributed by atoms with Crippen molar-refractivity contribution >= 4 is 17.2 Å². The Balaban J connectivity index is 0.00000112. The predicted octanol–water partition coefficient (Wildman–Crippen LogP) is 4.23. The largest absolute Gasteiger partial charge is 0.384 e. The van der Waals surface area contributed by atoms with Crippen LogP contribution in [0, 0.1) is 6.92 Å². The van der Waals surface area contributed by atoms with Gasteiger partial charge in [-0.3, -0.25) is 9.25 Å². The van der Waals surface area contributed by atoms with Crippen LogP contribution >= 0.6 is 0 Å². The van der Waals surface area contributed by atoms with Gasteiger partial charge in [-0.25, -0.2) is 4.98 Å². The Hall–Kier alpha value is -3.68. The van der Waals surface area contributed by atoms with Crippen molar-refractivity contribution in [2.24, 2.45) is 7.05 Å². The summed E-state index contributed by atoms with van der Waals surface area (Å²) in [5, 5.41) is 13.2. The molecule has 8 nitrogen and oxygen atoms in total. The van der Waals surface area contributed by atoms with E-state index in [0.717, 1.165) is 46.4 Å². The lowest BCUT2D eigenvalue weighted by atomic mass is 10.0. The number of nitrogens with zero attached hydrogens (tertiary/aromatic N) is 7. The first-order valence-electron chi connectivity index (χ1n) is 10.6. The third-order valence-electron chi connectivity index (χ3n) is 5.38. The number of fused-ring (bicyclic) bond motifs is 3. The zero-order valence-corrected chi connectivity index (χ0v) is 18.6. The van der Waals surface area contributed by atoms with Gasteiger partial charge in [0.2, 0.25) is 0 Å². The summed E-state index contributed by atoms with van der Waals surface area (Å²) in [6.45, 7) is 8.95. The molecule has 4 heterocycles. The fourth-order valence-electron chi connectivity index (χ4n) is 3.93. The molecule has 2 N–H and O–H groups in total. The Morgan fingerprint density at radius 3 is 2.45 bits per heavy atom. The van der Waals surface area contributed by atoms with Gasteiger partial charge in [-0.15, -0.1) is 10.2 Å². The minimum absolute atomic E-state index is 0.199. The lowest BCUT2D eigenvalue weighted by Gasteiger charge is -2.25. The van der Waals surface area contributed by atoms with Crippen LogP contribution < -0.4 is 10.6 Å². The topological polar surface area (TPSA) is 90.7 Å². The summed E-state index contributed by atoms with van der Waals surface area (Å²) in [7, 11) is 1.93. The van der Waals surface area contributed by atoms with Crippen molar-refractivity contribution in [3.63, 3.8) is 0 Å². The molecule has 0 saturated heterocycles. The summed E-state index contributed by atoms with van der Waals surface area (Å²) in [5.74, 6) is 2.56. The van der Waals surface area contributed by atoms with Crippen LogP contribution in [0.1, 0.15) is 38.3 Å². The number of aromatic nitrogens is 6. The molecule has 0 unspecified atom stereocenters. The number of hydrogen-bond donors (Lipinski definition) is 1. The average molecular weight is 417 g/mol. The molecule has 0 bridgehead atoms. The average Bonchev–Trinajstić information content (AvgIpc) is 3.36. The maximum absolute atomic E-state index is 5.76. The number of anilines is 3. The SMILES string of the molecule is CC.Cc1nnc2n1-c1ccc(-c3ccc(N)nc3)cc1N(c1cnn(C)c1)C[C@H]2C. The minimum Gasteiger partial charge on any atom is -0.384 e. The van der Waals surface area contributed by atoms with Crippen LogP contribution in [0.15, 0.2) is 48.9 Å². The first-order chi connectivity index (χ1) is 15.0. The van der Waals surface area contributed by atoms with Crippen LogP contribution in [0.2, 0.25) is 0 Å². The highest BCUT2D eigenvalue weighted by Gasteiger charge is 2.29. The van der Waals surface area contributed by atoms with Gasteiger partial charge in [-0.1, -0.05) is 26.8 Å². The third kappa shape index (κ3) is 3.65. The second-order valence-corrected chi connectivity index (χ2v) is 7.50. The first kappa shape index (κ1) is 20.6. The zero-order valence-electron chi connectivity index (χ0n) is 18.6. The maximum Gasteiger partial charge on any atom is 0.142 e. The van der Waals surface area contributed by atoms with Crippen molar-refractivity contribution in [3.8, 4) is 16.8 Å². The molecule has 5 rings (SSSR count). The quantitative estimate of drug-likeness (QED) is 0.526. The fraction of sp³-hybridized carbons (Fsp3) is 0.304. The molecule has 0 radical (unpaired) electrons. The molecular formula is C23H28N8. The molecule has 1 atom stereocenters. The van der Waals surface area contributed by atoms with Crippen molar-refractivity contribution in [1.82, 2.24) is 29.5 Å². The highest BCUT2D eigenvalue weighted by Crippen LogP contribution is 2.40. The molecule has 0 saturated carbocycles. The number of pyridine rings is 1. The van der Waals surface area contributed by atoms with E-state index in [9.17, 15) is 0 Å². The normalized spacial score (nSPS) is 14.9. The summed E-state index contributed by atoms with van der Waals surface area (Å²) in [6, 6.07) is 10.2. The van der Waals surface area contributed by atoms with Crippen molar-refractivity contribution in [2.45, 2.75) is 33.6 Å². The van der Waals surface area contributed by atoms with Gasteiger partial charge >= 0.3 is 0 Å². The predicted molar refractivity (Wildman–Crippen MR) is 124 cm³/mol. The zero-order chi connectivity index (χ0) is 22.1. The molecule has 4 aromatic rings. The van der Waals surface area contributed by atoms with E-state index in [0.29, 0.717) is 5.82 Å². The maximum atomic E-state index is 5.76. The Morgan fingerprint density at radius 2 is 1.77 bits per heavy atom. The van der Waals surface area contributed by atoms with Crippen molar-refractivity contribution in [2.75, 3.05) is 17.2 Å². The molecule has 0 spiro atoms. The second-order valence-electron chi connectivity index (χ2n) is 7.50. The summed E-state index contributed by atoms with van der Waals surface area (Å²) in [6.07, 6.45) is 5.74. The molecule has 0 aliphatic carbocycles. The van der Waals surface area contributed by atoms with Crippen LogP contribution in [0.3, 0.4) is 0 Å². The molecule has 8 heteroatoms. The lowest BCUT2D eigenvalue weighted by Crippen LogP contribution is -2.21. The highest BCUT2D eigenvalue weighted by molar-refractivity contribution is 5.79. The summed E-state index contributed by atoms with van der Waals surface area (Å²) in [5.41, 5.74) is 11.0. The van der Waals surface area contributed by atoms with E-state index < -0.39 is 0 Å². The van der Waals surface area contributed by atoms with Gasteiger partial charge in [0.05, 0.1) is 23.3 Å². The second kappa shape index (κ2) is 8.22. The third-order valence-corrected chi connectivity index (χ3v) is 5.38. The van der Waals surface area contributed by atoms with Gasteiger partial charge in [0.1, 0.15) is 17.5 Å². The van der Waals surface area contributed by atoms with Crippen LogP contribution in [0.4, 0.5) is 17.2 Å². The van der Waals surface area contributed by atoms with Crippen molar-refractivity contribution in [3.05, 3.63) is 60.6 Å². The van der Waals surface area contributed by atoms with E-state index in [4.69, 9.17) is 5.73 Å². The molecule has 3 aromatic heterocycles. The van der Waals surface area contributed by atoms with E-state index in [2.05, 4.69) is 54.9 Å². The Labute approximate surface area is 182 Å². The Bertz CT molecular complexity index is 1190. The number of benzene rings is 1. The molecule has 1 aliphatic rings. The minimum atomic E-state index is 0.199. The molecule has 31 heavy (non-hydrogen) atoms. The highest BCUT2D eigenvalue weighted by atomic mass is 15.3. The van der Waals surface area contributed by atoms with Gasteiger partial charge in [0.15, 0.2) is 0 Å². The van der Waals surface area contributed by atoms with Crippen molar-refractivity contribution in [1.29, 1.82) is 0 Å². The summed E-state index contributed by atoms with van der Waals surface area (Å²) in [4.78, 5) is 6.55. The molecule has 0 amide bonds. The van der Waals surface area contributed by atoms with Gasteiger partial charge in [0.25, 0.3) is 0 Å². The van der Waals surface area contributed by atoms with Gasteiger partial charge in [-0.2, -0.15) is 5.10 Å². The number of hydrogen-bond acceptors (Lipinski definition) is 6. The summed E-state index contributed by atoms with van der Waals surface area (Å²) < 4.78 is 3.98. The van der Waals surface area contributed by atoms with Crippen LogP contribution in [0.25, 0.3) is 16.8 Å². The first-order valence-corrected chi connectivity index (χ1v) is 10.6. The molecule has 1 aromatic carbocycles. The number of rotatable bonds is 2. The van der Waals surface area contributed by atoms with Gasteiger partial charge < -0.3 is 10.6 Å². The van der Waals surface area contributed by atoms with E-state index in [1.807, 2.05) is 57.0 Å². The van der Waals surface area contributed by atoms with Gasteiger partial charge in [-0.05, 0) is 36.8 Å². The van der Waals surface area contributed by atoms with E-state index in [-0.39, 0.29) is 5.92 Å². The monoisotopic (exact) mass is 416 g/mol. The number of nitrogen functional groups attached to an aromatic ring is 1. The Kier molecular flexibility index (Phi) is 5.46. The molecule has 0 fully saturated rings. The molecule has 160 valence electrons. The van der Waals surface area contributed by atoms with Gasteiger partial charge in [0, 0.05) is 37.5 Å². The number of aryl methyl sites for hydroxylation is 2. The van der Waals surface area contributed by atoms with Crippen LogP contribution in [-0.4, -0.2) is 36.1 Å².